The third kappa shape index (κ3) is 14.8. The minimum Gasteiger partial charge on any atom is -0.423 e. The van der Waals surface area contributed by atoms with E-state index < -0.39 is 7.12 Å². The van der Waals surface area contributed by atoms with Crippen molar-refractivity contribution in [3.8, 4) is 67.0 Å². The van der Waals surface area contributed by atoms with Crippen LogP contribution < -0.4 is 15.3 Å². The monoisotopic (exact) mass is 1730 g/mol. The molecule has 24 rings (SSSR count). The molecule has 0 saturated carbocycles. The summed E-state index contributed by atoms with van der Waals surface area (Å²) in [6, 6.07) is 164. The van der Waals surface area contributed by atoms with Crippen LogP contribution in [0.5, 0.6) is 0 Å². The van der Waals surface area contributed by atoms with E-state index in [1.807, 2.05) is 71.2 Å². The van der Waals surface area contributed by atoms with Crippen molar-refractivity contribution in [2.24, 2.45) is 0 Å². The van der Waals surface area contributed by atoms with Crippen LogP contribution in [0.1, 0.15) is 7.43 Å². The molecule has 0 fully saturated rings. The third-order valence-corrected chi connectivity index (χ3v) is 27.1. The van der Waals surface area contributed by atoms with Gasteiger partial charge in [-0.25, -0.2) is 0 Å². The van der Waals surface area contributed by atoms with Crippen LogP contribution in [0.4, 0.5) is 34.1 Å². The lowest BCUT2D eigenvalue weighted by atomic mass is 9.80. The second kappa shape index (κ2) is 34.3. The van der Waals surface area contributed by atoms with Crippen molar-refractivity contribution >= 4 is 191 Å². The van der Waals surface area contributed by atoms with Crippen molar-refractivity contribution in [1.29, 1.82) is 0 Å². The third-order valence-electron chi connectivity index (χ3n) is 24.3. The molecule has 24 aromatic rings. The second-order valence-corrected chi connectivity index (χ2v) is 34.7. The van der Waals surface area contributed by atoms with Gasteiger partial charge in [0.1, 0.15) is 0 Å². The van der Waals surface area contributed by atoms with E-state index >= 15 is 0 Å². The van der Waals surface area contributed by atoms with Gasteiger partial charge >= 0.3 is 7.12 Å². The van der Waals surface area contributed by atoms with E-state index in [1.165, 1.54) is 167 Å². The van der Waals surface area contributed by atoms with Crippen LogP contribution in [-0.2, 0) is 0 Å². The molecule has 0 amide bonds. The number of aromatic nitrogens is 2. The maximum atomic E-state index is 9.37. The highest BCUT2D eigenvalue weighted by atomic mass is 79.9. The van der Waals surface area contributed by atoms with E-state index in [9.17, 15) is 10.0 Å². The number of rotatable bonds is 14. The SMILES string of the molecule is Brc1ccc2sc3c(c2c1)c1ccccc1c1c2cc(-c4ccccc4)ccc2n(-c2ccccc2)c31.C.OB(O)c1ccc(N(c2ccccc2)c2ccc(-c3ccccc3)cc2)cc1.c1ccc(-c2ccc(N(c3ccccc3)c3ccc(-c4ccc5sc6c(c5c4)c4ccccc4c4c5cc(-c7ccccc7)ccc5n(-c5ccccc5)c64)cc3)cc2)cc1. The van der Waals surface area contributed by atoms with Crippen molar-refractivity contribution in [1.82, 2.24) is 9.13 Å². The number of hydrogen-bond acceptors (Lipinski definition) is 6. The molecule has 20 aromatic carbocycles. The van der Waals surface area contributed by atoms with Gasteiger partial charge in [0.25, 0.3) is 0 Å². The molecule has 0 saturated heterocycles. The standard InChI is InChI=1S/C58H38N2S.C34H20BrNS.C24H20BNO2.CH4/c1-5-15-39(16-6-1)41-25-31-47(32-26-41)59(45-19-9-3-10-20-45)48-33-27-42(28-34-48)44-30-36-54-52(38-44)56-50-24-14-13-23-49(50)55-51-37-43(40-17-7-2-8-18-40)29-35-53(51)60(57(55)58(56)61-54)46-21-11-4-12-22-46;35-23-16-18-30-28(20-23)32-26-14-8-7-13-25(26)31-27-19-22(21-9-3-1-4-10-21)15-17-29(27)36(33(31)34(32)37-30)24-11-5-2-6-12-24;27-25(28)21-13-17-24(18-14-21)26(22-9-5-2-6-10-22)23-15-11-20(12-16-23)19-7-3-1-4-8-19;/h1-38H;1-20H;1-18,27-28H;1H4. The van der Waals surface area contributed by atoms with E-state index in [-0.39, 0.29) is 7.43 Å². The van der Waals surface area contributed by atoms with E-state index in [4.69, 9.17) is 0 Å². The summed E-state index contributed by atoms with van der Waals surface area (Å²) in [5.41, 5.74) is 26.3. The summed E-state index contributed by atoms with van der Waals surface area (Å²) < 4.78 is 11.3. The Morgan fingerprint density at radius 2 is 0.488 bits per heavy atom. The summed E-state index contributed by atoms with van der Waals surface area (Å²) in [5, 5.41) is 34.4. The van der Waals surface area contributed by atoms with Crippen molar-refractivity contribution < 1.29 is 10.0 Å². The largest absolute Gasteiger partial charge is 0.488 e. The molecule has 0 bridgehead atoms. The first kappa shape index (κ1) is 79.2. The number of para-hydroxylation sites is 4. The first-order valence-electron chi connectivity index (χ1n) is 42.4. The normalized spacial score (nSPS) is 11.4. The average molecular weight is 1730 g/mol. The maximum absolute atomic E-state index is 9.37. The molecule has 0 aliphatic heterocycles. The first-order chi connectivity index (χ1) is 62.3. The van der Waals surface area contributed by atoms with Gasteiger partial charge < -0.3 is 29.0 Å². The highest BCUT2D eigenvalue weighted by molar-refractivity contribution is 9.10. The molecular weight excluding hydrogens is 1650 g/mol. The Balaban J connectivity index is 0.000000126. The number of halogens is 1. The number of fused-ring (bicyclic) bond motifs is 20. The van der Waals surface area contributed by atoms with Gasteiger partial charge in [0.05, 0.1) is 31.5 Å². The fraction of sp³-hybridized carbons (Fsp3) is 0.00855. The van der Waals surface area contributed by atoms with E-state index in [2.05, 4.69) is 435 Å². The molecule has 10 heteroatoms. The Hall–Kier alpha value is -15.0. The summed E-state index contributed by atoms with van der Waals surface area (Å²) in [4.78, 5) is 4.47. The number of thiophene rings is 2. The summed E-state index contributed by atoms with van der Waals surface area (Å²) in [5.74, 6) is 0. The fourth-order valence-electron chi connectivity index (χ4n) is 18.4. The number of benzene rings is 20. The van der Waals surface area contributed by atoms with Gasteiger partial charge in [0, 0.05) is 102 Å². The van der Waals surface area contributed by atoms with Crippen LogP contribution in [0.25, 0.3) is 173 Å². The molecule has 0 aliphatic rings. The molecule has 0 spiro atoms. The molecule has 6 nitrogen and oxygen atoms in total. The smallest absolute Gasteiger partial charge is 0.423 e. The quantitative estimate of drug-likeness (QED) is 0.107. The van der Waals surface area contributed by atoms with E-state index in [0.717, 1.165) is 44.2 Å². The van der Waals surface area contributed by atoms with E-state index in [1.54, 1.807) is 12.1 Å². The Labute approximate surface area is 753 Å². The van der Waals surface area contributed by atoms with Crippen LogP contribution in [0.2, 0.25) is 0 Å². The van der Waals surface area contributed by atoms with Crippen molar-refractivity contribution in [3.63, 3.8) is 0 Å². The lowest BCUT2D eigenvalue weighted by Gasteiger charge is -2.26. The molecule has 0 radical (unpaired) electrons. The predicted octanol–water partition coefficient (Wildman–Crippen LogP) is 32.6. The van der Waals surface area contributed by atoms with Gasteiger partial charge in [0.15, 0.2) is 0 Å². The summed E-state index contributed by atoms with van der Waals surface area (Å²) in [7, 11) is -1.47. The molecule has 0 aliphatic carbocycles. The maximum Gasteiger partial charge on any atom is 0.488 e. The minimum absolute atomic E-state index is 0. The van der Waals surface area contributed by atoms with E-state index in [0.29, 0.717) is 5.46 Å². The van der Waals surface area contributed by atoms with Gasteiger partial charge in [-0.1, -0.05) is 333 Å². The molecule has 2 N–H and O–H groups in total. The molecule has 604 valence electrons. The Morgan fingerprint density at radius 3 is 0.850 bits per heavy atom. The predicted molar refractivity (Wildman–Crippen MR) is 550 cm³/mol. The highest BCUT2D eigenvalue weighted by Gasteiger charge is 2.27. The van der Waals surface area contributed by atoms with Gasteiger partial charge in [-0.2, -0.15) is 0 Å². The van der Waals surface area contributed by atoms with Gasteiger partial charge in [-0.15, -0.1) is 22.7 Å². The molecule has 127 heavy (non-hydrogen) atoms. The summed E-state index contributed by atoms with van der Waals surface area (Å²) in [6.07, 6.45) is 0. The Morgan fingerprint density at radius 1 is 0.228 bits per heavy atom. The highest BCUT2D eigenvalue weighted by Crippen LogP contribution is 2.52. The minimum atomic E-state index is -1.47. The molecule has 4 heterocycles. The van der Waals surface area contributed by atoms with Gasteiger partial charge in [-0.05, 0) is 234 Å². The molecule has 4 aromatic heterocycles. The number of anilines is 6. The lowest BCUT2D eigenvalue weighted by Crippen LogP contribution is -2.29. The lowest BCUT2D eigenvalue weighted by molar-refractivity contribution is 0.426. The number of hydrogen-bond donors (Lipinski definition) is 2. The summed E-state index contributed by atoms with van der Waals surface area (Å²) >= 11 is 7.53. The topological polar surface area (TPSA) is 56.8 Å². The van der Waals surface area contributed by atoms with Crippen LogP contribution in [0.15, 0.2) is 466 Å². The average Bonchev–Trinajstić information content (AvgIpc) is 1.54. The molecular formula is C117H82BBrN4O2S2. The zero-order valence-corrected chi connectivity index (χ0v) is 71.6. The van der Waals surface area contributed by atoms with Gasteiger partial charge in [-0.3, -0.25) is 0 Å². The molecule has 0 atom stereocenters. The number of nitrogens with zero attached hydrogens (tertiary/aromatic N) is 4. The van der Waals surface area contributed by atoms with Crippen molar-refractivity contribution in [2.75, 3.05) is 9.80 Å². The second-order valence-electron chi connectivity index (χ2n) is 31.7. The zero-order valence-electron chi connectivity index (χ0n) is 68.3. The van der Waals surface area contributed by atoms with Gasteiger partial charge in [0.2, 0.25) is 0 Å². The molecule has 0 unspecified atom stereocenters. The van der Waals surface area contributed by atoms with Crippen LogP contribution in [-0.4, -0.2) is 26.3 Å². The Kier molecular flexibility index (Phi) is 21.4. The Bertz CT molecular complexity index is 8120. The van der Waals surface area contributed by atoms with Crippen LogP contribution in [0.3, 0.4) is 0 Å². The first-order valence-corrected chi connectivity index (χ1v) is 44.8. The van der Waals surface area contributed by atoms with Crippen LogP contribution in [0, 0.1) is 0 Å². The van der Waals surface area contributed by atoms with Crippen molar-refractivity contribution in [3.05, 3.63) is 466 Å². The van der Waals surface area contributed by atoms with Crippen molar-refractivity contribution in [2.45, 2.75) is 7.43 Å². The zero-order chi connectivity index (χ0) is 84.1. The van der Waals surface area contributed by atoms with Crippen LogP contribution >= 0.6 is 38.6 Å². The summed E-state index contributed by atoms with van der Waals surface area (Å²) in [6.45, 7) is 0. The fourth-order valence-corrected chi connectivity index (χ4v) is 21.3.